The molecule has 10 heteroatoms. The van der Waals surface area contributed by atoms with Gasteiger partial charge >= 0.3 is 6.03 Å². The van der Waals surface area contributed by atoms with Crippen molar-refractivity contribution in [3.63, 3.8) is 0 Å². The molecule has 0 saturated heterocycles. The van der Waals surface area contributed by atoms with Crippen molar-refractivity contribution in [1.82, 2.24) is 19.9 Å². The second-order valence-electron chi connectivity index (χ2n) is 8.84. The molecule has 0 atom stereocenters. The second-order valence-corrected chi connectivity index (χ2v) is 8.84. The number of urea groups is 1. The average molecular weight is 465 g/mol. The molecule has 1 aromatic carbocycles. The maximum absolute atomic E-state index is 14.7. The van der Waals surface area contributed by atoms with Gasteiger partial charge in [-0.3, -0.25) is 15.0 Å². The standard InChI is InChI=1S/C24H25FN6O3/c1-14-21(24(2,3)4)30-34-22(14)29-23(32)28-19-7-6-16(10-18(19)25)33-17-8-9-26-20(11-17)15-12-27-31(5)13-15/h6-13H,1-5H3,(H2,28,29,32). The summed E-state index contributed by atoms with van der Waals surface area (Å²) in [5.74, 6) is 0.318. The van der Waals surface area contributed by atoms with Gasteiger partial charge in [0.1, 0.15) is 17.3 Å². The topological polar surface area (TPSA) is 107 Å². The Morgan fingerprint density at radius 2 is 1.91 bits per heavy atom. The molecule has 0 radical (unpaired) electrons. The molecule has 4 aromatic rings. The summed E-state index contributed by atoms with van der Waals surface area (Å²) in [7, 11) is 1.82. The molecule has 9 nitrogen and oxygen atoms in total. The summed E-state index contributed by atoms with van der Waals surface area (Å²) in [5.41, 5.74) is 2.72. The molecule has 0 aliphatic rings. The van der Waals surface area contributed by atoms with Crippen LogP contribution in [0.5, 0.6) is 11.5 Å². The van der Waals surface area contributed by atoms with Crippen molar-refractivity contribution in [3.05, 3.63) is 66.0 Å². The molecule has 0 aliphatic carbocycles. The first-order valence-electron chi connectivity index (χ1n) is 10.6. The lowest BCUT2D eigenvalue weighted by atomic mass is 9.90. The van der Waals surface area contributed by atoms with Gasteiger partial charge in [0.05, 0.1) is 23.3 Å². The Hall–Kier alpha value is -4.21. The second kappa shape index (κ2) is 8.97. The average Bonchev–Trinajstić information content (AvgIpc) is 3.36. The molecule has 2 amide bonds. The number of carbonyl (C=O) groups excluding carboxylic acids is 1. The van der Waals surface area contributed by atoms with Crippen molar-refractivity contribution in [2.75, 3.05) is 10.6 Å². The minimum atomic E-state index is -0.654. The van der Waals surface area contributed by atoms with Crippen molar-refractivity contribution in [2.24, 2.45) is 7.05 Å². The molecule has 3 aromatic heterocycles. The van der Waals surface area contributed by atoms with Gasteiger partial charge in [-0.25, -0.2) is 9.18 Å². The maximum atomic E-state index is 14.7. The Labute approximate surface area is 195 Å². The number of anilines is 2. The van der Waals surface area contributed by atoms with Crippen LogP contribution in [0.1, 0.15) is 32.0 Å². The van der Waals surface area contributed by atoms with Gasteiger partial charge in [0.2, 0.25) is 5.88 Å². The third-order valence-electron chi connectivity index (χ3n) is 5.02. The van der Waals surface area contributed by atoms with Gasteiger partial charge in [-0.2, -0.15) is 5.10 Å². The van der Waals surface area contributed by atoms with E-state index in [4.69, 9.17) is 9.26 Å². The number of pyridine rings is 1. The molecular formula is C24H25FN6O3. The van der Waals surface area contributed by atoms with E-state index < -0.39 is 11.8 Å². The predicted molar refractivity (Wildman–Crippen MR) is 125 cm³/mol. The molecule has 0 spiro atoms. The molecule has 0 bridgehead atoms. The van der Waals surface area contributed by atoms with Gasteiger partial charge < -0.3 is 14.6 Å². The molecule has 4 rings (SSSR count). The molecule has 0 unspecified atom stereocenters. The van der Waals surface area contributed by atoms with Crippen LogP contribution in [0, 0.1) is 12.7 Å². The number of ether oxygens (including phenoxy) is 1. The van der Waals surface area contributed by atoms with Crippen LogP contribution in [0.25, 0.3) is 11.3 Å². The number of benzene rings is 1. The Balaban J connectivity index is 1.43. The monoisotopic (exact) mass is 464 g/mol. The zero-order valence-electron chi connectivity index (χ0n) is 19.5. The normalized spacial score (nSPS) is 11.4. The molecule has 0 saturated carbocycles. The number of carbonyl (C=O) groups is 1. The summed E-state index contributed by atoms with van der Waals surface area (Å²) in [6.45, 7) is 7.78. The highest BCUT2D eigenvalue weighted by atomic mass is 19.1. The quantitative estimate of drug-likeness (QED) is 0.395. The van der Waals surface area contributed by atoms with Crippen LogP contribution >= 0.6 is 0 Å². The van der Waals surface area contributed by atoms with E-state index in [9.17, 15) is 9.18 Å². The lowest BCUT2D eigenvalue weighted by molar-refractivity contribution is 0.261. The van der Waals surface area contributed by atoms with Crippen molar-refractivity contribution >= 4 is 17.6 Å². The van der Waals surface area contributed by atoms with Crippen LogP contribution in [0.4, 0.5) is 20.8 Å². The number of aromatic nitrogens is 4. The van der Waals surface area contributed by atoms with Gasteiger partial charge in [-0.1, -0.05) is 25.9 Å². The van der Waals surface area contributed by atoms with Crippen LogP contribution in [-0.4, -0.2) is 26.0 Å². The van der Waals surface area contributed by atoms with Crippen molar-refractivity contribution < 1.29 is 18.4 Å². The fourth-order valence-corrected chi connectivity index (χ4v) is 3.39. The van der Waals surface area contributed by atoms with Gasteiger partial charge in [-0.05, 0) is 25.1 Å². The van der Waals surface area contributed by atoms with Crippen molar-refractivity contribution in [1.29, 1.82) is 0 Å². The van der Waals surface area contributed by atoms with Crippen LogP contribution in [0.3, 0.4) is 0 Å². The van der Waals surface area contributed by atoms with Crippen LogP contribution in [0.2, 0.25) is 0 Å². The Morgan fingerprint density at radius 3 is 2.56 bits per heavy atom. The Bertz CT molecular complexity index is 1340. The Morgan fingerprint density at radius 1 is 1.15 bits per heavy atom. The summed E-state index contributed by atoms with van der Waals surface area (Å²) in [4.78, 5) is 16.7. The van der Waals surface area contributed by atoms with Crippen LogP contribution in [0.15, 0.2) is 53.4 Å². The molecule has 34 heavy (non-hydrogen) atoms. The minimum absolute atomic E-state index is 0.0103. The van der Waals surface area contributed by atoms with E-state index in [-0.39, 0.29) is 22.7 Å². The van der Waals surface area contributed by atoms with E-state index in [1.807, 2.05) is 34.0 Å². The van der Waals surface area contributed by atoms with Crippen LogP contribution < -0.4 is 15.4 Å². The zero-order chi connectivity index (χ0) is 24.5. The lowest BCUT2D eigenvalue weighted by Gasteiger charge is -2.15. The molecular weight excluding hydrogens is 439 g/mol. The molecule has 0 aliphatic heterocycles. The highest BCUT2D eigenvalue weighted by molar-refractivity contribution is 5.99. The van der Waals surface area contributed by atoms with Gasteiger partial charge in [-0.15, -0.1) is 0 Å². The number of rotatable bonds is 5. The number of nitrogens with zero attached hydrogens (tertiary/aromatic N) is 4. The number of hydrogen-bond acceptors (Lipinski definition) is 6. The molecule has 0 fully saturated rings. The highest BCUT2D eigenvalue weighted by Gasteiger charge is 2.24. The summed E-state index contributed by atoms with van der Waals surface area (Å²) in [6.07, 6.45) is 5.13. The number of nitrogens with one attached hydrogen (secondary N) is 2. The van der Waals surface area contributed by atoms with E-state index in [1.54, 1.807) is 42.2 Å². The molecule has 2 N–H and O–H groups in total. The zero-order valence-corrected chi connectivity index (χ0v) is 19.5. The minimum Gasteiger partial charge on any atom is -0.457 e. The Kier molecular flexibility index (Phi) is 6.06. The van der Waals surface area contributed by atoms with E-state index in [0.29, 0.717) is 11.4 Å². The van der Waals surface area contributed by atoms with Crippen molar-refractivity contribution in [3.8, 4) is 22.8 Å². The van der Waals surface area contributed by atoms with Crippen molar-refractivity contribution in [2.45, 2.75) is 33.1 Å². The summed E-state index contributed by atoms with van der Waals surface area (Å²) < 4.78 is 27.4. The number of halogens is 1. The first kappa shape index (κ1) is 23.0. The third-order valence-corrected chi connectivity index (χ3v) is 5.02. The first-order valence-corrected chi connectivity index (χ1v) is 10.6. The summed E-state index contributed by atoms with van der Waals surface area (Å²) >= 11 is 0. The summed E-state index contributed by atoms with van der Waals surface area (Å²) in [5, 5.41) is 13.2. The number of amides is 2. The highest BCUT2D eigenvalue weighted by Crippen LogP contribution is 2.30. The van der Waals surface area contributed by atoms with Gasteiger partial charge in [0.25, 0.3) is 0 Å². The summed E-state index contributed by atoms with van der Waals surface area (Å²) in [6, 6.07) is 6.92. The fraction of sp³-hybridized carbons (Fsp3) is 0.250. The number of hydrogen-bond donors (Lipinski definition) is 2. The van der Waals surface area contributed by atoms with E-state index in [1.165, 1.54) is 12.1 Å². The lowest BCUT2D eigenvalue weighted by Crippen LogP contribution is -2.20. The SMILES string of the molecule is Cc1c(C(C)(C)C)noc1NC(=O)Nc1ccc(Oc2ccnc(-c3cnn(C)c3)c2)cc1F. The van der Waals surface area contributed by atoms with Gasteiger partial charge in [0, 0.05) is 48.1 Å². The first-order chi connectivity index (χ1) is 16.1. The molecule has 3 heterocycles. The maximum Gasteiger partial charge on any atom is 0.326 e. The van der Waals surface area contributed by atoms with E-state index in [2.05, 4.69) is 25.9 Å². The predicted octanol–water partition coefficient (Wildman–Crippen LogP) is 5.65. The smallest absolute Gasteiger partial charge is 0.326 e. The van der Waals surface area contributed by atoms with Crippen LogP contribution in [-0.2, 0) is 12.5 Å². The number of aryl methyl sites for hydroxylation is 1. The van der Waals surface area contributed by atoms with E-state index >= 15 is 0 Å². The molecule has 176 valence electrons. The fourth-order valence-electron chi connectivity index (χ4n) is 3.39. The van der Waals surface area contributed by atoms with Gasteiger partial charge in [0.15, 0.2) is 0 Å². The largest absolute Gasteiger partial charge is 0.457 e. The van der Waals surface area contributed by atoms with E-state index in [0.717, 1.165) is 16.8 Å². The third kappa shape index (κ3) is 5.06.